The van der Waals surface area contributed by atoms with Crippen molar-refractivity contribution in [3.63, 3.8) is 0 Å². The zero-order valence-electron chi connectivity index (χ0n) is 5.47. The molecule has 0 bridgehead atoms. The first-order valence-electron chi connectivity index (χ1n) is 2.71. The van der Waals surface area contributed by atoms with E-state index in [1.165, 1.54) is 12.1 Å². The summed E-state index contributed by atoms with van der Waals surface area (Å²) in [5.74, 6) is -0.208. The molecule has 1 aromatic rings. The van der Waals surface area contributed by atoms with Crippen LogP contribution in [-0.4, -0.2) is 0 Å². The standard InChI is InChI=1S/C8H7F.H2S/c1-2-7-3-5-8(9)6-4-7;/h2-6H,1H2;1H2. The Kier molecular flexibility index (Phi) is 3.81. The zero-order chi connectivity index (χ0) is 6.69. The number of halogens is 1. The van der Waals surface area contributed by atoms with Crippen molar-refractivity contribution in [3.8, 4) is 0 Å². The van der Waals surface area contributed by atoms with Gasteiger partial charge in [-0.1, -0.05) is 24.8 Å². The quantitative estimate of drug-likeness (QED) is 0.586. The Morgan fingerprint density at radius 1 is 1.20 bits per heavy atom. The van der Waals surface area contributed by atoms with E-state index in [1.54, 1.807) is 18.2 Å². The Labute approximate surface area is 66.8 Å². The minimum absolute atomic E-state index is 0. The van der Waals surface area contributed by atoms with E-state index in [4.69, 9.17) is 0 Å². The number of benzene rings is 1. The molecule has 1 aromatic carbocycles. The zero-order valence-corrected chi connectivity index (χ0v) is 6.47. The third-order valence-corrected chi connectivity index (χ3v) is 1.11. The molecule has 0 nitrogen and oxygen atoms in total. The van der Waals surface area contributed by atoms with Gasteiger partial charge in [-0.05, 0) is 17.7 Å². The highest BCUT2D eigenvalue weighted by molar-refractivity contribution is 7.59. The summed E-state index contributed by atoms with van der Waals surface area (Å²) in [6.07, 6.45) is 1.68. The maximum absolute atomic E-state index is 12.2. The lowest BCUT2D eigenvalue weighted by molar-refractivity contribution is 0.628. The number of hydrogen-bond donors (Lipinski definition) is 0. The highest BCUT2D eigenvalue weighted by atomic mass is 32.1. The van der Waals surface area contributed by atoms with Crippen LogP contribution in [-0.2, 0) is 0 Å². The molecule has 0 N–H and O–H groups in total. The van der Waals surface area contributed by atoms with E-state index >= 15 is 0 Å². The van der Waals surface area contributed by atoms with Gasteiger partial charge in [0.1, 0.15) is 5.82 Å². The summed E-state index contributed by atoms with van der Waals surface area (Å²) in [6, 6.07) is 6.19. The Balaban J connectivity index is 0.000000810. The third kappa shape index (κ3) is 2.23. The van der Waals surface area contributed by atoms with Crippen LogP contribution in [0.4, 0.5) is 4.39 Å². The molecule has 54 valence electrons. The van der Waals surface area contributed by atoms with Gasteiger partial charge in [0.25, 0.3) is 0 Å². The van der Waals surface area contributed by atoms with Gasteiger partial charge in [-0.15, -0.1) is 0 Å². The van der Waals surface area contributed by atoms with Gasteiger partial charge in [-0.25, -0.2) is 4.39 Å². The van der Waals surface area contributed by atoms with E-state index in [0.29, 0.717) is 0 Å². The fraction of sp³-hybridized carbons (Fsp3) is 0. The molecule has 0 saturated carbocycles. The van der Waals surface area contributed by atoms with Crippen molar-refractivity contribution in [2.75, 3.05) is 0 Å². The first kappa shape index (κ1) is 9.24. The van der Waals surface area contributed by atoms with Crippen LogP contribution in [0.5, 0.6) is 0 Å². The van der Waals surface area contributed by atoms with Crippen LogP contribution in [0.15, 0.2) is 30.8 Å². The van der Waals surface area contributed by atoms with Crippen molar-refractivity contribution in [2.24, 2.45) is 0 Å². The van der Waals surface area contributed by atoms with E-state index in [0.717, 1.165) is 5.56 Å². The maximum atomic E-state index is 12.2. The van der Waals surface area contributed by atoms with Crippen LogP contribution in [0.25, 0.3) is 6.08 Å². The SMILES string of the molecule is C=Cc1ccc(F)cc1.S. The summed E-state index contributed by atoms with van der Waals surface area (Å²) in [5, 5.41) is 0. The number of hydrogen-bond acceptors (Lipinski definition) is 0. The van der Waals surface area contributed by atoms with Gasteiger partial charge in [0.15, 0.2) is 0 Å². The second-order valence-corrected chi connectivity index (χ2v) is 1.76. The Morgan fingerprint density at radius 2 is 1.70 bits per heavy atom. The van der Waals surface area contributed by atoms with Crippen molar-refractivity contribution >= 4 is 19.6 Å². The van der Waals surface area contributed by atoms with Gasteiger partial charge in [-0.2, -0.15) is 13.5 Å². The smallest absolute Gasteiger partial charge is 0.123 e. The molecule has 0 spiro atoms. The van der Waals surface area contributed by atoms with Crippen LogP contribution in [0.3, 0.4) is 0 Å². The van der Waals surface area contributed by atoms with Crippen LogP contribution in [0, 0.1) is 5.82 Å². The molecule has 1 rings (SSSR count). The fourth-order valence-corrected chi connectivity index (χ4v) is 0.599. The second-order valence-electron chi connectivity index (χ2n) is 1.76. The normalized spacial score (nSPS) is 8.10. The average molecular weight is 156 g/mol. The summed E-state index contributed by atoms with van der Waals surface area (Å²) in [4.78, 5) is 0. The van der Waals surface area contributed by atoms with Crippen LogP contribution < -0.4 is 0 Å². The van der Waals surface area contributed by atoms with E-state index in [9.17, 15) is 4.39 Å². The Hall–Kier alpha value is -0.760. The summed E-state index contributed by atoms with van der Waals surface area (Å²) >= 11 is 0. The topological polar surface area (TPSA) is 0 Å². The lowest BCUT2D eigenvalue weighted by Gasteiger charge is -1.88. The Bertz CT molecular complexity index is 203. The van der Waals surface area contributed by atoms with E-state index in [1.807, 2.05) is 0 Å². The molecule has 0 atom stereocenters. The molecule has 0 radical (unpaired) electrons. The summed E-state index contributed by atoms with van der Waals surface area (Å²) in [5.41, 5.74) is 0.941. The third-order valence-electron chi connectivity index (χ3n) is 1.11. The highest BCUT2D eigenvalue weighted by Crippen LogP contribution is 2.02. The van der Waals surface area contributed by atoms with Gasteiger partial charge < -0.3 is 0 Å². The van der Waals surface area contributed by atoms with E-state index < -0.39 is 0 Å². The minimum atomic E-state index is -0.208. The van der Waals surface area contributed by atoms with Crippen molar-refractivity contribution in [2.45, 2.75) is 0 Å². The number of rotatable bonds is 1. The van der Waals surface area contributed by atoms with Gasteiger partial charge in [-0.3, -0.25) is 0 Å². The van der Waals surface area contributed by atoms with Gasteiger partial charge in [0.05, 0.1) is 0 Å². The molecule has 10 heavy (non-hydrogen) atoms. The van der Waals surface area contributed by atoms with Crippen molar-refractivity contribution < 1.29 is 4.39 Å². The molecule has 0 heterocycles. The molecule has 0 aromatic heterocycles. The first-order chi connectivity index (χ1) is 4.33. The van der Waals surface area contributed by atoms with Gasteiger partial charge >= 0.3 is 0 Å². The van der Waals surface area contributed by atoms with Gasteiger partial charge in [0.2, 0.25) is 0 Å². The molecule has 0 saturated heterocycles. The Morgan fingerprint density at radius 3 is 2.10 bits per heavy atom. The molecule has 0 unspecified atom stereocenters. The fourth-order valence-electron chi connectivity index (χ4n) is 0.599. The molecule has 0 aliphatic heterocycles. The molecule has 0 fully saturated rings. The van der Waals surface area contributed by atoms with Crippen LogP contribution >= 0.6 is 13.5 Å². The van der Waals surface area contributed by atoms with E-state index in [2.05, 4.69) is 6.58 Å². The lowest BCUT2D eigenvalue weighted by Crippen LogP contribution is -1.72. The summed E-state index contributed by atoms with van der Waals surface area (Å²) in [6.45, 7) is 3.54. The summed E-state index contributed by atoms with van der Waals surface area (Å²) < 4.78 is 12.2. The predicted octanol–water partition coefficient (Wildman–Crippen LogP) is 2.58. The molecule has 0 aliphatic rings. The molecule has 2 heteroatoms. The maximum Gasteiger partial charge on any atom is 0.123 e. The minimum Gasteiger partial charge on any atom is -0.207 e. The average Bonchev–Trinajstić information content (AvgIpc) is 1.90. The molecule has 0 amide bonds. The van der Waals surface area contributed by atoms with Crippen LogP contribution in [0.2, 0.25) is 0 Å². The predicted molar refractivity (Wildman–Crippen MR) is 46.9 cm³/mol. The van der Waals surface area contributed by atoms with Gasteiger partial charge in [0, 0.05) is 0 Å². The van der Waals surface area contributed by atoms with E-state index in [-0.39, 0.29) is 19.3 Å². The lowest BCUT2D eigenvalue weighted by atomic mass is 10.2. The van der Waals surface area contributed by atoms with Crippen LogP contribution in [0.1, 0.15) is 5.56 Å². The molecular weight excluding hydrogens is 147 g/mol. The summed E-state index contributed by atoms with van der Waals surface area (Å²) in [7, 11) is 0. The van der Waals surface area contributed by atoms with Crippen molar-refractivity contribution in [1.82, 2.24) is 0 Å². The van der Waals surface area contributed by atoms with Crippen molar-refractivity contribution in [3.05, 3.63) is 42.2 Å². The van der Waals surface area contributed by atoms with Crippen molar-refractivity contribution in [1.29, 1.82) is 0 Å². The molecule has 0 aliphatic carbocycles. The highest BCUT2D eigenvalue weighted by Gasteiger charge is 1.85. The monoisotopic (exact) mass is 156 g/mol. The second kappa shape index (κ2) is 4.12. The largest absolute Gasteiger partial charge is 0.207 e. The first-order valence-corrected chi connectivity index (χ1v) is 2.71. The molecular formula is C8H9FS.